The normalized spacial score (nSPS) is 21.7. The molecule has 3 rings (SSSR count). The van der Waals surface area contributed by atoms with Crippen molar-refractivity contribution in [1.29, 1.82) is 0 Å². The molecule has 0 radical (unpaired) electrons. The molecule has 1 aliphatic carbocycles. The first-order valence-corrected chi connectivity index (χ1v) is 6.18. The molecule has 2 heterocycles. The van der Waals surface area contributed by atoms with Crippen LogP contribution in [0, 0.1) is 11.3 Å². The molecule has 0 spiro atoms. The molecular weight excluding hydrogens is 236 g/mol. The highest BCUT2D eigenvalue weighted by Gasteiger charge is 2.45. The average Bonchev–Trinajstić information content (AvgIpc) is 2.71. The second-order valence-electron chi connectivity index (χ2n) is 5.36. The first-order chi connectivity index (χ1) is 8.04. The van der Waals surface area contributed by atoms with Crippen LogP contribution in [0.15, 0.2) is 18.3 Å². The van der Waals surface area contributed by atoms with Crippen LogP contribution in [0.1, 0.15) is 20.3 Å². The molecule has 1 unspecified atom stereocenters. The summed E-state index contributed by atoms with van der Waals surface area (Å²) in [6.07, 6.45) is 3.04. The molecule has 17 heavy (non-hydrogen) atoms. The third kappa shape index (κ3) is 2.09. The van der Waals surface area contributed by atoms with Crippen LogP contribution in [0.2, 0.25) is 5.02 Å². The SMILES string of the molecule is CC1(C)CC1CNc1nc2ccc(Cl)cn2n1. The molecule has 90 valence electrons. The molecule has 1 saturated carbocycles. The Bertz CT molecular complexity index is 561. The second-order valence-corrected chi connectivity index (χ2v) is 5.79. The van der Waals surface area contributed by atoms with Crippen molar-refractivity contribution in [3.8, 4) is 0 Å². The molecular formula is C12H15ClN4. The average molecular weight is 251 g/mol. The van der Waals surface area contributed by atoms with Gasteiger partial charge < -0.3 is 5.32 Å². The fourth-order valence-corrected chi connectivity index (χ4v) is 2.23. The van der Waals surface area contributed by atoms with Crippen molar-refractivity contribution < 1.29 is 0 Å². The summed E-state index contributed by atoms with van der Waals surface area (Å²) in [7, 11) is 0. The third-order valence-corrected chi connectivity index (χ3v) is 3.74. The van der Waals surface area contributed by atoms with Gasteiger partial charge in [0, 0.05) is 12.7 Å². The Labute approximate surface area is 105 Å². The van der Waals surface area contributed by atoms with Gasteiger partial charge in [0.1, 0.15) is 0 Å². The van der Waals surface area contributed by atoms with Crippen molar-refractivity contribution in [3.63, 3.8) is 0 Å². The van der Waals surface area contributed by atoms with Crippen LogP contribution in [-0.4, -0.2) is 21.1 Å². The molecule has 4 nitrogen and oxygen atoms in total. The lowest BCUT2D eigenvalue weighted by molar-refractivity contribution is 0.572. The maximum atomic E-state index is 5.89. The van der Waals surface area contributed by atoms with E-state index in [1.165, 1.54) is 6.42 Å². The van der Waals surface area contributed by atoms with E-state index < -0.39 is 0 Å². The number of hydrogen-bond donors (Lipinski definition) is 1. The predicted molar refractivity (Wildman–Crippen MR) is 68.4 cm³/mol. The van der Waals surface area contributed by atoms with Gasteiger partial charge in [0.15, 0.2) is 5.65 Å². The van der Waals surface area contributed by atoms with Gasteiger partial charge in [-0.1, -0.05) is 25.4 Å². The zero-order valence-electron chi connectivity index (χ0n) is 9.94. The Hall–Kier alpha value is -1.29. The number of rotatable bonds is 3. The number of pyridine rings is 1. The fraction of sp³-hybridized carbons (Fsp3) is 0.500. The van der Waals surface area contributed by atoms with Crippen LogP contribution in [0.5, 0.6) is 0 Å². The Morgan fingerprint density at radius 2 is 2.29 bits per heavy atom. The predicted octanol–water partition coefficient (Wildman–Crippen LogP) is 2.84. The van der Waals surface area contributed by atoms with Crippen LogP contribution in [-0.2, 0) is 0 Å². The second kappa shape index (κ2) is 3.60. The molecule has 1 aliphatic rings. The first-order valence-electron chi connectivity index (χ1n) is 5.80. The van der Waals surface area contributed by atoms with Crippen molar-refractivity contribution >= 4 is 23.2 Å². The van der Waals surface area contributed by atoms with Gasteiger partial charge in [-0.3, -0.25) is 0 Å². The van der Waals surface area contributed by atoms with E-state index in [4.69, 9.17) is 11.6 Å². The highest BCUT2D eigenvalue weighted by Crippen LogP contribution is 2.51. The number of halogens is 1. The van der Waals surface area contributed by atoms with E-state index in [0.717, 1.165) is 18.1 Å². The van der Waals surface area contributed by atoms with E-state index in [2.05, 4.69) is 29.2 Å². The molecule has 1 N–H and O–H groups in total. The third-order valence-electron chi connectivity index (χ3n) is 3.52. The van der Waals surface area contributed by atoms with Crippen molar-refractivity contribution in [2.75, 3.05) is 11.9 Å². The molecule has 0 saturated heterocycles. The van der Waals surface area contributed by atoms with Crippen LogP contribution in [0.25, 0.3) is 5.65 Å². The molecule has 0 aliphatic heterocycles. The topological polar surface area (TPSA) is 42.2 Å². The van der Waals surface area contributed by atoms with Crippen molar-refractivity contribution in [1.82, 2.24) is 14.6 Å². The summed E-state index contributed by atoms with van der Waals surface area (Å²) in [6, 6.07) is 3.68. The Kier molecular flexibility index (Phi) is 2.30. The van der Waals surface area contributed by atoms with E-state index in [1.54, 1.807) is 10.7 Å². The lowest BCUT2D eigenvalue weighted by Gasteiger charge is -2.02. The molecule has 0 bridgehead atoms. The minimum absolute atomic E-state index is 0.482. The summed E-state index contributed by atoms with van der Waals surface area (Å²) in [5.74, 6) is 1.41. The number of nitrogens with one attached hydrogen (secondary N) is 1. The minimum Gasteiger partial charge on any atom is -0.353 e. The highest BCUT2D eigenvalue weighted by atomic mass is 35.5. The Morgan fingerprint density at radius 3 is 3.00 bits per heavy atom. The van der Waals surface area contributed by atoms with Crippen molar-refractivity contribution in [2.45, 2.75) is 20.3 Å². The van der Waals surface area contributed by atoms with Gasteiger partial charge >= 0.3 is 0 Å². The lowest BCUT2D eigenvalue weighted by Crippen LogP contribution is -2.08. The van der Waals surface area contributed by atoms with Gasteiger partial charge in [0.05, 0.1) is 5.02 Å². The van der Waals surface area contributed by atoms with Gasteiger partial charge in [-0.05, 0) is 29.9 Å². The Morgan fingerprint density at radius 1 is 1.53 bits per heavy atom. The molecule has 2 aromatic rings. The number of aromatic nitrogens is 3. The molecule has 5 heteroatoms. The highest BCUT2D eigenvalue weighted by molar-refractivity contribution is 6.30. The first kappa shape index (κ1) is 10.8. The molecule has 1 atom stereocenters. The minimum atomic E-state index is 0.482. The smallest absolute Gasteiger partial charge is 0.243 e. The van der Waals surface area contributed by atoms with E-state index in [0.29, 0.717) is 16.4 Å². The Balaban J connectivity index is 1.73. The largest absolute Gasteiger partial charge is 0.353 e. The summed E-state index contributed by atoms with van der Waals surface area (Å²) in [5, 5.41) is 8.28. The van der Waals surface area contributed by atoms with Crippen LogP contribution >= 0.6 is 11.6 Å². The maximum Gasteiger partial charge on any atom is 0.243 e. The van der Waals surface area contributed by atoms with E-state index in [-0.39, 0.29) is 0 Å². The fourth-order valence-electron chi connectivity index (χ4n) is 2.07. The number of nitrogens with zero attached hydrogens (tertiary/aromatic N) is 3. The van der Waals surface area contributed by atoms with E-state index in [9.17, 15) is 0 Å². The number of fused-ring (bicyclic) bond motifs is 1. The quantitative estimate of drug-likeness (QED) is 0.911. The summed E-state index contributed by atoms with van der Waals surface area (Å²) in [6.45, 7) is 5.52. The van der Waals surface area contributed by atoms with Crippen molar-refractivity contribution in [3.05, 3.63) is 23.4 Å². The zero-order valence-corrected chi connectivity index (χ0v) is 10.7. The van der Waals surface area contributed by atoms with Gasteiger partial charge in [-0.2, -0.15) is 4.98 Å². The zero-order chi connectivity index (χ0) is 12.0. The summed E-state index contributed by atoms with van der Waals surface area (Å²) >= 11 is 5.89. The number of hydrogen-bond acceptors (Lipinski definition) is 3. The van der Waals surface area contributed by atoms with E-state index >= 15 is 0 Å². The molecule has 2 aromatic heterocycles. The van der Waals surface area contributed by atoms with Gasteiger partial charge in [0.2, 0.25) is 5.95 Å². The lowest BCUT2D eigenvalue weighted by atomic mass is 10.1. The van der Waals surface area contributed by atoms with Crippen molar-refractivity contribution in [2.24, 2.45) is 11.3 Å². The van der Waals surface area contributed by atoms with Gasteiger partial charge in [-0.15, -0.1) is 5.10 Å². The monoisotopic (exact) mass is 250 g/mol. The van der Waals surface area contributed by atoms with Crippen LogP contribution < -0.4 is 5.32 Å². The summed E-state index contributed by atoms with van der Waals surface area (Å²) in [4.78, 5) is 4.38. The van der Waals surface area contributed by atoms with Crippen LogP contribution in [0.3, 0.4) is 0 Å². The maximum absolute atomic E-state index is 5.89. The van der Waals surface area contributed by atoms with Crippen LogP contribution in [0.4, 0.5) is 5.95 Å². The standard InChI is InChI=1S/C12H15ClN4/c1-12(2)5-8(12)6-14-11-15-10-4-3-9(13)7-17(10)16-11/h3-4,7-8H,5-6H2,1-2H3,(H,14,16). The molecule has 0 amide bonds. The molecule has 1 fully saturated rings. The van der Waals surface area contributed by atoms with Gasteiger partial charge in [-0.25, -0.2) is 4.52 Å². The van der Waals surface area contributed by atoms with Gasteiger partial charge in [0.25, 0.3) is 0 Å². The summed E-state index contributed by atoms with van der Waals surface area (Å²) < 4.78 is 1.70. The number of anilines is 1. The summed E-state index contributed by atoms with van der Waals surface area (Å²) in [5.41, 5.74) is 1.29. The van der Waals surface area contributed by atoms with E-state index in [1.807, 2.05) is 12.1 Å². The molecule has 0 aromatic carbocycles.